The molecule has 0 aliphatic carbocycles. The zero-order valence-electron chi connectivity index (χ0n) is 7.17. The van der Waals surface area contributed by atoms with E-state index in [4.69, 9.17) is 9.84 Å². The molecule has 1 aromatic carbocycles. The Balaban J connectivity index is 0.00000121. The summed E-state index contributed by atoms with van der Waals surface area (Å²) in [6, 6.07) is 4.65. The number of benzene rings is 1. The molecule has 1 rings (SSSR count). The van der Waals surface area contributed by atoms with Crippen LogP contribution in [-0.4, -0.2) is 31.1 Å². The fourth-order valence-corrected chi connectivity index (χ4v) is 0.836. The first-order chi connectivity index (χ1) is 5.29. The van der Waals surface area contributed by atoms with Gasteiger partial charge in [-0.15, -0.1) is 0 Å². The van der Waals surface area contributed by atoms with Crippen LogP contribution in [0.5, 0.6) is 5.75 Å². The van der Waals surface area contributed by atoms with Crippen molar-refractivity contribution in [1.29, 1.82) is 0 Å². The van der Waals surface area contributed by atoms with Gasteiger partial charge in [0.05, 0.1) is 13.7 Å². The Morgan fingerprint density at radius 3 is 2.67 bits per heavy atom. The predicted molar refractivity (Wildman–Crippen MR) is 44.6 cm³/mol. The van der Waals surface area contributed by atoms with Gasteiger partial charge in [-0.25, -0.2) is 4.39 Å². The fourth-order valence-electron chi connectivity index (χ4n) is 0.836. The molecule has 1 N–H and O–H groups in total. The molecule has 0 amide bonds. The Morgan fingerprint density at radius 1 is 1.50 bits per heavy atom. The molecular weight excluding hydrogens is 154 g/mol. The molecule has 0 aromatic heterocycles. The Labute approximate surface area is 82.5 Å². The zero-order chi connectivity index (χ0) is 8.27. The topological polar surface area (TPSA) is 29.5 Å². The first-order valence-electron chi connectivity index (χ1n) is 3.22. The minimum Gasteiger partial charge on any atom is -0.494 e. The van der Waals surface area contributed by atoms with Gasteiger partial charge in [0, 0.05) is 24.4 Å². The van der Waals surface area contributed by atoms with E-state index in [0.29, 0.717) is 0 Å². The minimum absolute atomic E-state index is 0. The fraction of sp³-hybridized carbons (Fsp3) is 0.250. The molecule has 2 nitrogen and oxygen atoms in total. The third-order valence-electron chi connectivity index (χ3n) is 1.43. The summed E-state index contributed by atoms with van der Waals surface area (Å²) in [7, 11) is 1.39. The Kier molecular flexibility index (Phi) is 4.99. The van der Waals surface area contributed by atoms with E-state index in [1.54, 1.807) is 6.07 Å². The van der Waals surface area contributed by atoms with Crippen molar-refractivity contribution in [2.24, 2.45) is 0 Å². The summed E-state index contributed by atoms with van der Waals surface area (Å²) in [5.41, 5.74) is 0.254. The SMILES string of the molecule is COc1cccc(CO)c1F.[Li]. The molecule has 0 fully saturated rings. The summed E-state index contributed by atoms with van der Waals surface area (Å²) >= 11 is 0. The van der Waals surface area contributed by atoms with Gasteiger partial charge in [-0.2, -0.15) is 0 Å². The van der Waals surface area contributed by atoms with Gasteiger partial charge in [-0.05, 0) is 6.07 Å². The van der Waals surface area contributed by atoms with E-state index in [0.717, 1.165) is 0 Å². The van der Waals surface area contributed by atoms with E-state index in [1.165, 1.54) is 19.2 Å². The maximum Gasteiger partial charge on any atom is 0.170 e. The normalized spacial score (nSPS) is 8.92. The molecule has 0 aliphatic heterocycles. The number of aliphatic hydroxyl groups is 1. The zero-order valence-corrected chi connectivity index (χ0v) is 7.17. The first kappa shape index (κ1) is 11.5. The number of methoxy groups -OCH3 is 1. The van der Waals surface area contributed by atoms with E-state index in [1.807, 2.05) is 0 Å². The van der Waals surface area contributed by atoms with Crippen LogP contribution in [0.4, 0.5) is 4.39 Å². The van der Waals surface area contributed by atoms with E-state index in [9.17, 15) is 4.39 Å². The number of rotatable bonds is 2. The Hall–Kier alpha value is -0.493. The second-order valence-electron chi connectivity index (χ2n) is 2.09. The second kappa shape index (κ2) is 5.21. The van der Waals surface area contributed by atoms with Crippen LogP contribution in [-0.2, 0) is 6.61 Å². The number of halogens is 1. The Bertz CT molecular complexity index is 231. The van der Waals surface area contributed by atoms with E-state index in [-0.39, 0.29) is 36.8 Å². The summed E-state index contributed by atoms with van der Waals surface area (Å²) in [4.78, 5) is 0. The van der Waals surface area contributed by atoms with E-state index < -0.39 is 5.82 Å². The molecule has 1 aromatic rings. The van der Waals surface area contributed by atoms with Crippen LogP contribution in [0, 0.1) is 5.82 Å². The van der Waals surface area contributed by atoms with Gasteiger partial charge in [0.2, 0.25) is 0 Å². The van der Waals surface area contributed by atoms with Gasteiger partial charge < -0.3 is 9.84 Å². The summed E-state index contributed by atoms with van der Waals surface area (Å²) in [5, 5.41) is 8.64. The van der Waals surface area contributed by atoms with Gasteiger partial charge >= 0.3 is 0 Å². The summed E-state index contributed by atoms with van der Waals surface area (Å²) in [6.45, 7) is -0.303. The third-order valence-corrected chi connectivity index (χ3v) is 1.43. The molecule has 0 saturated heterocycles. The molecule has 1 radical (unpaired) electrons. The van der Waals surface area contributed by atoms with Gasteiger partial charge in [0.25, 0.3) is 0 Å². The molecule has 0 aliphatic rings. The number of hydrogen-bond acceptors (Lipinski definition) is 2. The van der Waals surface area contributed by atoms with Crippen LogP contribution >= 0.6 is 0 Å². The van der Waals surface area contributed by atoms with Crippen molar-refractivity contribution in [2.45, 2.75) is 6.61 Å². The van der Waals surface area contributed by atoms with Crippen molar-refractivity contribution >= 4 is 18.9 Å². The van der Waals surface area contributed by atoms with Crippen molar-refractivity contribution < 1.29 is 14.2 Å². The quantitative estimate of drug-likeness (QED) is 0.657. The maximum absolute atomic E-state index is 13.0. The van der Waals surface area contributed by atoms with Crippen molar-refractivity contribution in [3.8, 4) is 5.75 Å². The van der Waals surface area contributed by atoms with Crippen LogP contribution in [0.1, 0.15) is 5.56 Å². The molecule has 0 atom stereocenters. The van der Waals surface area contributed by atoms with E-state index >= 15 is 0 Å². The van der Waals surface area contributed by atoms with Crippen molar-refractivity contribution in [2.75, 3.05) is 7.11 Å². The molecule has 12 heavy (non-hydrogen) atoms. The van der Waals surface area contributed by atoms with Crippen LogP contribution in [0.25, 0.3) is 0 Å². The average molecular weight is 163 g/mol. The van der Waals surface area contributed by atoms with Crippen LogP contribution in [0.2, 0.25) is 0 Å². The van der Waals surface area contributed by atoms with Gasteiger partial charge in [0.1, 0.15) is 0 Å². The number of ether oxygens (including phenoxy) is 1. The molecule has 4 heteroatoms. The summed E-state index contributed by atoms with van der Waals surface area (Å²) in [5.74, 6) is -0.325. The first-order valence-corrected chi connectivity index (χ1v) is 3.22. The number of aliphatic hydroxyl groups excluding tert-OH is 1. The average Bonchev–Trinajstić information content (AvgIpc) is 2.05. The third kappa shape index (κ3) is 2.24. The number of hydrogen-bond donors (Lipinski definition) is 1. The van der Waals surface area contributed by atoms with Crippen LogP contribution < -0.4 is 4.74 Å². The smallest absolute Gasteiger partial charge is 0.170 e. The molecular formula is C8H9FLiO2. The van der Waals surface area contributed by atoms with Crippen LogP contribution in [0.3, 0.4) is 0 Å². The Morgan fingerprint density at radius 2 is 2.17 bits per heavy atom. The van der Waals surface area contributed by atoms with Crippen molar-refractivity contribution in [3.05, 3.63) is 29.6 Å². The summed E-state index contributed by atoms with van der Waals surface area (Å²) in [6.07, 6.45) is 0. The summed E-state index contributed by atoms with van der Waals surface area (Å²) < 4.78 is 17.7. The van der Waals surface area contributed by atoms with Gasteiger partial charge in [0.15, 0.2) is 11.6 Å². The molecule has 0 heterocycles. The maximum atomic E-state index is 13.0. The molecule has 0 saturated carbocycles. The van der Waals surface area contributed by atoms with Crippen LogP contribution in [0.15, 0.2) is 18.2 Å². The second-order valence-corrected chi connectivity index (χ2v) is 2.09. The van der Waals surface area contributed by atoms with Gasteiger partial charge in [-0.3, -0.25) is 0 Å². The minimum atomic E-state index is -0.488. The standard InChI is InChI=1S/C8H9FO2.Li/c1-11-7-4-2-3-6(5-10)8(7)9;/h2-4,10H,5H2,1H3;. The molecule has 0 spiro atoms. The predicted octanol–water partition coefficient (Wildman–Crippen LogP) is 0.946. The van der Waals surface area contributed by atoms with Crippen molar-refractivity contribution in [3.63, 3.8) is 0 Å². The van der Waals surface area contributed by atoms with Gasteiger partial charge in [-0.1, -0.05) is 12.1 Å². The van der Waals surface area contributed by atoms with E-state index in [2.05, 4.69) is 0 Å². The molecule has 61 valence electrons. The molecule has 0 unspecified atom stereocenters. The molecule has 0 bridgehead atoms. The van der Waals surface area contributed by atoms with Crippen molar-refractivity contribution in [1.82, 2.24) is 0 Å². The largest absolute Gasteiger partial charge is 0.494 e. The monoisotopic (exact) mass is 163 g/mol.